The largest absolute Gasteiger partial charge is 0.325 e. The maximum atomic E-state index is 12.5. The first-order valence-corrected chi connectivity index (χ1v) is 9.06. The Labute approximate surface area is 154 Å². The van der Waals surface area contributed by atoms with Crippen LogP contribution in [0, 0.1) is 0 Å². The molecule has 25 heavy (non-hydrogen) atoms. The fourth-order valence-corrected chi connectivity index (χ4v) is 3.22. The highest BCUT2D eigenvalue weighted by Crippen LogP contribution is 2.15. The summed E-state index contributed by atoms with van der Waals surface area (Å²) in [7, 11) is 0. The molecule has 1 aliphatic heterocycles. The molecule has 0 unspecified atom stereocenters. The Morgan fingerprint density at radius 2 is 1.68 bits per heavy atom. The third kappa shape index (κ3) is 5.05. The van der Waals surface area contributed by atoms with Gasteiger partial charge in [-0.3, -0.25) is 14.6 Å². The first-order chi connectivity index (χ1) is 12.1. The van der Waals surface area contributed by atoms with E-state index < -0.39 is 0 Å². The normalized spacial score (nSPS) is 17.2. The third-order valence-electron chi connectivity index (χ3n) is 4.69. The van der Waals surface area contributed by atoms with Crippen molar-refractivity contribution in [2.45, 2.75) is 19.5 Å². The van der Waals surface area contributed by atoms with Gasteiger partial charge in [-0.15, -0.1) is 0 Å². The highest BCUT2D eigenvalue weighted by Gasteiger charge is 2.25. The van der Waals surface area contributed by atoms with Crippen LogP contribution in [0.4, 0.5) is 5.69 Å². The van der Waals surface area contributed by atoms with Crippen LogP contribution >= 0.6 is 11.6 Å². The van der Waals surface area contributed by atoms with Crippen LogP contribution in [0.25, 0.3) is 0 Å². The molecule has 1 atom stereocenters. The number of piperazine rings is 1. The molecular weight excluding hydrogens is 334 g/mol. The number of halogens is 1. The number of nitrogens with zero attached hydrogens (tertiary/aromatic N) is 2. The molecule has 5 heteroatoms. The summed E-state index contributed by atoms with van der Waals surface area (Å²) >= 11 is 5.88. The molecule has 2 aromatic carbocycles. The number of anilines is 1. The van der Waals surface area contributed by atoms with E-state index in [-0.39, 0.29) is 11.9 Å². The Hall–Kier alpha value is -1.88. The van der Waals surface area contributed by atoms with Crippen molar-refractivity contribution in [3.8, 4) is 0 Å². The molecule has 1 N–H and O–H groups in total. The molecular formula is C20H24ClN3O. The van der Waals surface area contributed by atoms with Crippen LogP contribution in [-0.2, 0) is 11.3 Å². The molecule has 0 bridgehead atoms. The number of carbonyl (C=O) groups excluding carboxylic acids is 1. The molecule has 0 aliphatic carbocycles. The molecule has 0 spiro atoms. The van der Waals surface area contributed by atoms with Crippen molar-refractivity contribution in [1.82, 2.24) is 9.80 Å². The summed E-state index contributed by atoms with van der Waals surface area (Å²) in [4.78, 5) is 17.2. The maximum Gasteiger partial charge on any atom is 0.241 e. The molecule has 0 aromatic heterocycles. The first-order valence-electron chi connectivity index (χ1n) is 8.68. The van der Waals surface area contributed by atoms with Crippen molar-refractivity contribution >= 4 is 23.2 Å². The summed E-state index contributed by atoms with van der Waals surface area (Å²) in [5, 5.41) is 3.63. The topological polar surface area (TPSA) is 35.6 Å². The number of hydrogen-bond acceptors (Lipinski definition) is 3. The predicted octanol–water partition coefficient (Wildman–Crippen LogP) is 3.48. The van der Waals surface area contributed by atoms with Crippen molar-refractivity contribution in [3.05, 3.63) is 65.2 Å². The Morgan fingerprint density at radius 1 is 1.04 bits per heavy atom. The zero-order valence-corrected chi connectivity index (χ0v) is 15.2. The second-order valence-corrected chi connectivity index (χ2v) is 6.91. The van der Waals surface area contributed by atoms with Crippen LogP contribution in [0.3, 0.4) is 0 Å². The lowest BCUT2D eigenvalue weighted by molar-refractivity contribution is -0.121. The Kier molecular flexibility index (Phi) is 6.08. The lowest BCUT2D eigenvalue weighted by Gasteiger charge is -2.37. The van der Waals surface area contributed by atoms with E-state index in [0.29, 0.717) is 5.02 Å². The average Bonchev–Trinajstić information content (AvgIpc) is 2.64. The van der Waals surface area contributed by atoms with Crippen molar-refractivity contribution < 1.29 is 4.79 Å². The van der Waals surface area contributed by atoms with Gasteiger partial charge in [-0.25, -0.2) is 0 Å². The third-order valence-corrected chi connectivity index (χ3v) is 4.95. The van der Waals surface area contributed by atoms with Gasteiger partial charge in [0.05, 0.1) is 6.04 Å². The summed E-state index contributed by atoms with van der Waals surface area (Å²) in [6.07, 6.45) is 0. The number of carbonyl (C=O) groups is 1. The molecule has 2 aromatic rings. The van der Waals surface area contributed by atoms with Gasteiger partial charge in [0.25, 0.3) is 0 Å². The van der Waals surface area contributed by atoms with Gasteiger partial charge in [-0.2, -0.15) is 0 Å². The number of amides is 1. The fraction of sp³-hybridized carbons (Fsp3) is 0.350. The van der Waals surface area contributed by atoms with Gasteiger partial charge in [0, 0.05) is 43.4 Å². The summed E-state index contributed by atoms with van der Waals surface area (Å²) in [6.45, 7) is 6.71. The molecule has 1 aliphatic rings. The van der Waals surface area contributed by atoms with Crippen LogP contribution in [0.15, 0.2) is 54.6 Å². The van der Waals surface area contributed by atoms with E-state index in [4.69, 9.17) is 11.6 Å². The van der Waals surface area contributed by atoms with Gasteiger partial charge < -0.3 is 5.32 Å². The van der Waals surface area contributed by atoms with Gasteiger partial charge in [0.1, 0.15) is 0 Å². The van der Waals surface area contributed by atoms with Gasteiger partial charge in [0.15, 0.2) is 0 Å². The Bertz CT molecular complexity index is 682. The monoisotopic (exact) mass is 357 g/mol. The van der Waals surface area contributed by atoms with E-state index in [2.05, 4.69) is 39.4 Å². The summed E-state index contributed by atoms with van der Waals surface area (Å²) < 4.78 is 0. The number of hydrogen-bond donors (Lipinski definition) is 1. The van der Waals surface area contributed by atoms with Crippen LogP contribution in [0.5, 0.6) is 0 Å². The van der Waals surface area contributed by atoms with Crippen molar-refractivity contribution in [3.63, 3.8) is 0 Å². The van der Waals surface area contributed by atoms with Gasteiger partial charge in [0.2, 0.25) is 5.91 Å². The minimum atomic E-state index is -0.144. The highest BCUT2D eigenvalue weighted by atomic mass is 35.5. The summed E-state index contributed by atoms with van der Waals surface area (Å²) in [6, 6.07) is 17.6. The molecule has 1 fully saturated rings. The zero-order chi connectivity index (χ0) is 17.6. The Balaban J connectivity index is 1.48. The van der Waals surface area contributed by atoms with E-state index in [1.807, 2.05) is 25.1 Å². The lowest BCUT2D eigenvalue weighted by atomic mass is 10.1. The standard InChI is InChI=1S/C20H24ClN3O/c1-16(20(25)22-19-9-7-18(21)8-10-19)24-13-11-23(12-14-24)15-17-5-3-2-4-6-17/h2-10,16H,11-15H2,1H3,(H,22,25)/t16-/m1/s1. The Morgan fingerprint density at radius 3 is 2.32 bits per heavy atom. The number of nitrogens with one attached hydrogen (secondary N) is 1. The van der Waals surface area contributed by atoms with Gasteiger partial charge >= 0.3 is 0 Å². The molecule has 132 valence electrons. The summed E-state index contributed by atoms with van der Waals surface area (Å²) in [5.74, 6) is 0.0267. The molecule has 4 nitrogen and oxygen atoms in total. The molecule has 1 saturated heterocycles. The smallest absolute Gasteiger partial charge is 0.241 e. The van der Waals surface area contributed by atoms with Gasteiger partial charge in [-0.05, 0) is 36.8 Å². The van der Waals surface area contributed by atoms with E-state index >= 15 is 0 Å². The molecule has 1 amide bonds. The quantitative estimate of drug-likeness (QED) is 0.889. The molecule has 0 saturated carbocycles. The minimum absolute atomic E-state index is 0.0267. The molecule has 1 heterocycles. The molecule has 3 rings (SSSR count). The second-order valence-electron chi connectivity index (χ2n) is 6.47. The van der Waals surface area contributed by atoms with Crippen molar-refractivity contribution in [1.29, 1.82) is 0 Å². The zero-order valence-electron chi connectivity index (χ0n) is 14.5. The highest BCUT2D eigenvalue weighted by molar-refractivity contribution is 6.30. The minimum Gasteiger partial charge on any atom is -0.325 e. The van der Waals surface area contributed by atoms with Crippen LogP contribution in [0.2, 0.25) is 5.02 Å². The van der Waals surface area contributed by atoms with Gasteiger partial charge in [-0.1, -0.05) is 41.9 Å². The van der Waals surface area contributed by atoms with Crippen molar-refractivity contribution in [2.75, 3.05) is 31.5 Å². The number of benzene rings is 2. The molecule has 0 radical (unpaired) electrons. The maximum absolute atomic E-state index is 12.5. The van der Waals surface area contributed by atoms with E-state index in [9.17, 15) is 4.79 Å². The lowest BCUT2D eigenvalue weighted by Crippen LogP contribution is -2.52. The first kappa shape index (κ1) is 17.9. The van der Waals surface area contributed by atoms with E-state index in [1.54, 1.807) is 12.1 Å². The van der Waals surface area contributed by atoms with E-state index in [0.717, 1.165) is 38.4 Å². The van der Waals surface area contributed by atoms with Crippen LogP contribution < -0.4 is 5.32 Å². The van der Waals surface area contributed by atoms with Crippen LogP contribution in [-0.4, -0.2) is 47.9 Å². The van der Waals surface area contributed by atoms with Crippen LogP contribution in [0.1, 0.15) is 12.5 Å². The summed E-state index contributed by atoms with van der Waals surface area (Å²) in [5.41, 5.74) is 2.12. The fourth-order valence-electron chi connectivity index (χ4n) is 3.10. The predicted molar refractivity (Wildman–Crippen MR) is 103 cm³/mol. The second kappa shape index (κ2) is 8.48. The average molecular weight is 358 g/mol. The SMILES string of the molecule is C[C@H](C(=O)Nc1ccc(Cl)cc1)N1CCN(Cc2ccccc2)CC1. The number of rotatable bonds is 5. The van der Waals surface area contributed by atoms with Crippen molar-refractivity contribution in [2.24, 2.45) is 0 Å². The van der Waals surface area contributed by atoms with E-state index in [1.165, 1.54) is 5.56 Å².